The Morgan fingerprint density at radius 2 is 1.90 bits per heavy atom. The molecule has 1 atom stereocenters. The van der Waals surface area contributed by atoms with E-state index in [1.807, 2.05) is 24.3 Å². The van der Waals surface area contributed by atoms with Crippen LogP contribution in [-0.2, 0) is 11.2 Å². The van der Waals surface area contributed by atoms with Crippen molar-refractivity contribution in [3.63, 3.8) is 0 Å². The standard InChI is InChI=1S/C17H26O3/c1-13-8-10-17(20-3,11-9-13)16(18)12-14-6-4-5-7-15(14)19-2/h4-7,13,16,18H,8-12H2,1-3H3. The Bertz CT molecular complexity index is 422. The van der Waals surface area contributed by atoms with Crippen LogP contribution in [0.25, 0.3) is 0 Å². The second kappa shape index (κ2) is 6.59. The number of ether oxygens (including phenoxy) is 2. The number of methoxy groups -OCH3 is 2. The molecule has 0 bridgehead atoms. The fraction of sp³-hybridized carbons (Fsp3) is 0.647. The minimum Gasteiger partial charge on any atom is -0.496 e. The average molecular weight is 278 g/mol. The van der Waals surface area contributed by atoms with Gasteiger partial charge in [0.15, 0.2) is 0 Å². The molecule has 0 aliphatic heterocycles. The van der Waals surface area contributed by atoms with Crippen molar-refractivity contribution in [3.8, 4) is 5.75 Å². The Labute approximate surface area is 121 Å². The molecule has 2 rings (SSSR count). The quantitative estimate of drug-likeness (QED) is 0.899. The number of rotatable bonds is 5. The summed E-state index contributed by atoms with van der Waals surface area (Å²) in [5, 5.41) is 10.7. The van der Waals surface area contributed by atoms with E-state index in [9.17, 15) is 5.11 Å². The van der Waals surface area contributed by atoms with Crippen LogP contribution in [0.15, 0.2) is 24.3 Å². The Kier molecular flexibility index (Phi) is 5.06. The molecule has 0 radical (unpaired) electrons. The highest BCUT2D eigenvalue weighted by molar-refractivity contribution is 5.34. The highest BCUT2D eigenvalue weighted by Gasteiger charge is 2.40. The van der Waals surface area contributed by atoms with Gasteiger partial charge in [0.25, 0.3) is 0 Å². The molecule has 1 aromatic carbocycles. The molecule has 0 spiro atoms. The van der Waals surface area contributed by atoms with Gasteiger partial charge in [-0.3, -0.25) is 0 Å². The summed E-state index contributed by atoms with van der Waals surface area (Å²) in [7, 11) is 3.39. The summed E-state index contributed by atoms with van der Waals surface area (Å²) in [6.07, 6.45) is 4.19. The van der Waals surface area contributed by atoms with Gasteiger partial charge in [-0.15, -0.1) is 0 Å². The zero-order valence-corrected chi connectivity index (χ0v) is 12.8. The van der Waals surface area contributed by atoms with Crippen LogP contribution in [0.3, 0.4) is 0 Å². The number of aliphatic hydroxyl groups excluding tert-OH is 1. The van der Waals surface area contributed by atoms with E-state index >= 15 is 0 Å². The molecule has 0 amide bonds. The predicted molar refractivity (Wildman–Crippen MR) is 80.1 cm³/mol. The average Bonchev–Trinajstić information content (AvgIpc) is 2.49. The Morgan fingerprint density at radius 3 is 2.50 bits per heavy atom. The summed E-state index contributed by atoms with van der Waals surface area (Å²) in [5.41, 5.74) is 0.644. The van der Waals surface area contributed by atoms with E-state index in [1.165, 1.54) is 0 Å². The molecule has 1 aliphatic carbocycles. The van der Waals surface area contributed by atoms with Crippen molar-refractivity contribution in [1.82, 2.24) is 0 Å². The van der Waals surface area contributed by atoms with E-state index in [4.69, 9.17) is 9.47 Å². The summed E-state index contributed by atoms with van der Waals surface area (Å²) in [6.45, 7) is 2.27. The maximum absolute atomic E-state index is 10.7. The normalized spacial score (nSPS) is 28.1. The lowest BCUT2D eigenvalue weighted by molar-refractivity contribution is -0.127. The van der Waals surface area contributed by atoms with Crippen LogP contribution in [0.1, 0.15) is 38.2 Å². The molecule has 1 aliphatic rings. The van der Waals surface area contributed by atoms with Crippen molar-refractivity contribution in [3.05, 3.63) is 29.8 Å². The zero-order chi connectivity index (χ0) is 14.6. The fourth-order valence-electron chi connectivity index (χ4n) is 3.19. The fourth-order valence-corrected chi connectivity index (χ4v) is 3.19. The van der Waals surface area contributed by atoms with Crippen LogP contribution < -0.4 is 4.74 Å². The summed E-state index contributed by atoms with van der Waals surface area (Å²) < 4.78 is 11.1. The summed E-state index contributed by atoms with van der Waals surface area (Å²) in [5.74, 6) is 1.57. The molecule has 3 nitrogen and oxygen atoms in total. The van der Waals surface area contributed by atoms with Gasteiger partial charge in [0.05, 0.1) is 18.8 Å². The van der Waals surface area contributed by atoms with Gasteiger partial charge in [-0.25, -0.2) is 0 Å². The topological polar surface area (TPSA) is 38.7 Å². The minimum absolute atomic E-state index is 0.395. The third-order valence-electron chi connectivity index (χ3n) is 4.74. The number of hydrogen-bond donors (Lipinski definition) is 1. The summed E-state index contributed by atoms with van der Waals surface area (Å²) in [6, 6.07) is 7.87. The lowest BCUT2D eigenvalue weighted by Gasteiger charge is -2.42. The van der Waals surface area contributed by atoms with Gasteiger partial charge in [-0.1, -0.05) is 25.1 Å². The molecule has 1 aromatic rings. The van der Waals surface area contributed by atoms with E-state index in [0.29, 0.717) is 6.42 Å². The van der Waals surface area contributed by atoms with E-state index < -0.39 is 11.7 Å². The van der Waals surface area contributed by atoms with Gasteiger partial charge in [0.2, 0.25) is 0 Å². The van der Waals surface area contributed by atoms with Crippen molar-refractivity contribution < 1.29 is 14.6 Å². The van der Waals surface area contributed by atoms with E-state index in [-0.39, 0.29) is 0 Å². The van der Waals surface area contributed by atoms with Crippen molar-refractivity contribution in [2.45, 2.75) is 50.7 Å². The minimum atomic E-state index is -0.490. The van der Waals surface area contributed by atoms with Crippen LogP contribution >= 0.6 is 0 Å². The molecule has 112 valence electrons. The summed E-state index contributed by atoms with van der Waals surface area (Å²) in [4.78, 5) is 0. The van der Waals surface area contributed by atoms with Crippen molar-refractivity contribution in [2.75, 3.05) is 14.2 Å². The van der Waals surface area contributed by atoms with Crippen molar-refractivity contribution >= 4 is 0 Å². The number of para-hydroxylation sites is 1. The lowest BCUT2D eigenvalue weighted by atomic mass is 9.75. The number of benzene rings is 1. The third-order valence-corrected chi connectivity index (χ3v) is 4.74. The Hall–Kier alpha value is -1.06. The van der Waals surface area contributed by atoms with Crippen molar-refractivity contribution in [1.29, 1.82) is 0 Å². The summed E-state index contributed by atoms with van der Waals surface area (Å²) >= 11 is 0. The smallest absolute Gasteiger partial charge is 0.122 e. The molecule has 1 N–H and O–H groups in total. The first-order valence-corrected chi connectivity index (χ1v) is 7.46. The van der Waals surface area contributed by atoms with E-state index in [0.717, 1.165) is 42.9 Å². The first-order valence-electron chi connectivity index (χ1n) is 7.46. The zero-order valence-electron chi connectivity index (χ0n) is 12.8. The Morgan fingerprint density at radius 1 is 1.25 bits per heavy atom. The highest BCUT2D eigenvalue weighted by Crippen LogP contribution is 2.38. The van der Waals surface area contributed by atoms with Gasteiger partial charge in [0.1, 0.15) is 5.75 Å². The maximum Gasteiger partial charge on any atom is 0.122 e. The molecular weight excluding hydrogens is 252 g/mol. The van der Waals surface area contributed by atoms with Gasteiger partial charge in [-0.2, -0.15) is 0 Å². The predicted octanol–water partition coefficient (Wildman–Crippen LogP) is 3.19. The molecule has 3 heteroatoms. The van der Waals surface area contributed by atoms with E-state index in [2.05, 4.69) is 6.92 Å². The first kappa shape index (κ1) is 15.3. The number of hydrogen-bond acceptors (Lipinski definition) is 3. The van der Waals surface area contributed by atoms with Gasteiger partial charge < -0.3 is 14.6 Å². The molecule has 20 heavy (non-hydrogen) atoms. The van der Waals surface area contributed by atoms with Crippen LogP contribution in [0.4, 0.5) is 0 Å². The molecule has 1 fully saturated rings. The van der Waals surface area contributed by atoms with Crippen molar-refractivity contribution in [2.24, 2.45) is 5.92 Å². The molecule has 0 heterocycles. The molecule has 0 aromatic heterocycles. The second-order valence-corrected chi connectivity index (χ2v) is 5.98. The van der Waals surface area contributed by atoms with E-state index in [1.54, 1.807) is 14.2 Å². The van der Waals surface area contributed by atoms with Crippen LogP contribution in [-0.4, -0.2) is 31.0 Å². The van der Waals surface area contributed by atoms with Crippen LogP contribution in [0, 0.1) is 5.92 Å². The third kappa shape index (κ3) is 3.15. The number of aliphatic hydroxyl groups is 1. The SMILES string of the molecule is COc1ccccc1CC(O)C1(OC)CCC(C)CC1. The second-order valence-electron chi connectivity index (χ2n) is 5.98. The largest absolute Gasteiger partial charge is 0.496 e. The Balaban J connectivity index is 2.11. The van der Waals surface area contributed by atoms with Crippen LogP contribution in [0.5, 0.6) is 5.75 Å². The molecule has 1 saturated carbocycles. The molecule has 1 unspecified atom stereocenters. The monoisotopic (exact) mass is 278 g/mol. The maximum atomic E-state index is 10.7. The van der Waals surface area contributed by atoms with Gasteiger partial charge >= 0.3 is 0 Å². The lowest BCUT2D eigenvalue weighted by Crippen LogP contribution is -2.47. The van der Waals surface area contributed by atoms with Gasteiger partial charge in [0, 0.05) is 13.5 Å². The van der Waals surface area contributed by atoms with Gasteiger partial charge in [-0.05, 0) is 43.2 Å². The molecule has 0 saturated heterocycles. The highest BCUT2D eigenvalue weighted by atomic mass is 16.5. The van der Waals surface area contributed by atoms with Crippen LogP contribution in [0.2, 0.25) is 0 Å². The molecular formula is C17H26O3. The first-order chi connectivity index (χ1) is 9.61.